The van der Waals surface area contributed by atoms with Gasteiger partial charge in [0.25, 0.3) is 0 Å². The molecule has 0 bridgehead atoms. The molecule has 1 N–H and O–H groups in total. The first-order valence-corrected chi connectivity index (χ1v) is 6.42. The molecule has 0 aromatic heterocycles. The molecule has 82 valence electrons. The third kappa shape index (κ3) is 2.08. The summed E-state index contributed by atoms with van der Waals surface area (Å²) in [5.41, 5.74) is 1.29. The van der Waals surface area contributed by atoms with E-state index in [4.69, 9.17) is 11.6 Å². The first kappa shape index (κ1) is 11.4. The fourth-order valence-electron chi connectivity index (χ4n) is 2.38. The number of hydrogen-bond acceptors (Lipinski definition) is 1. The maximum absolute atomic E-state index is 6.24. The molecule has 0 heterocycles. The van der Waals surface area contributed by atoms with Crippen LogP contribution in [0.5, 0.6) is 0 Å². The van der Waals surface area contributed by atoms with Crippen LogP contribution in [0.25, 0.3) is 0 Å². The summed E-state index contributed by atoms with van der Waals surface area (Å²) in [5.74, 6) is 1.29. The van der Waals surface area contributed by atoms with Gasteiger partial charge in [0.05, 0.1) is 0 Å². The van der Waals surface area contributed by atoms with Crippen LogP contribution in [-0.4, -0.2) is 13.1 Å². The molecule has 0 amide bonds. The highest BCUT2D eigenvalue weighted by Gasteiger charge is 2.38. The minimum Gasteiger partial charge on any atom is -0.317 e. The molecule has 2 rings (SSSR count). The van der Waals surface area contributed by atoms with Gasteiger partial charge in [-0.05, 0) is 43.0 Å². The zero-order chi connectivity index (χ0) is 11.0. The van der Waals surface area contributed by atoms with E-state index < -0.39 is 0 Å². The second-order valence-corrected chi connectivity index (χ2v) is 5.59. The standard InChI is InChI=1S/C12H15BrClN/c1-7-10(6-12(7)15-2)9-4-3-8(13)5-11(9)14/h3-5,7,10,12,15H,6H2,1-2H3. The summed E-state index contributed by atoms with van der Waals surface area (Å²) in [7, 11) is 2.03. The molecule has 1 aromatic rings. The van der Waals surface area contributed by atoms with E-state index in [-0.39, 0.29) is 0 Å². The van der Waals surface area contributed by atoms with Crippen molar-refractivity contribution < 1.29 is 0 Å². The first-order chi connectivity index (χ1) is 7.13. The van der Waals surface area contributed by atoms with E-state index >= 15 is 0 Å². The van der Waals surface area contributed by atoms with Crippen LogP contribution in [0, 0.1) is 5.92 Å². The van der Waals surface area contributed by atoms with Crippen LogP contribution >= 0.6 is 27.5 Å². The quantitative estimate of drug-likeness (QED) is 0.872. The molecule has 3 unspecified atom stereocenters. The van der Waals surface area contributed by atoms with E-state index in [1.54, 1.807) is 0 Å². The van der Waals surface area contributed by atoms with E-state index in [1.807, 2.05) is 13.1 Å². The van der Waals surface area contributed by atoms with Crippen LogP contribution in [0.3, 0.4) is 0 Å². The van der Waals surface area contributed by atoms with Gasteiger partial charge in [0, 0.05) is 15.5 Å². The molecule has 0 spiro atoms. The summed E-state index contributed by atoms with van der Waals surface area (Å²) in [6, 6.07) is 6.84. The third-order valence-electron chi connectivity index (χ3n) is 3.51. The van der Waals surface area contributed by atoms with Crippen molar-refractivity contribution >= 4 is 27.5 Å². The molecule has 1 aromatic carbocycles. The summed E-state index contributed by atoms with van der Waals surface area (Å²) in [4.78, 5) is 0. The molecule has 1 saturated carbocycles. The van der Waals surface area contributed by atoms with Crippen molar-refractivity contribution in [1.29, 1.82) is 0 Å². The molecule has 0 saturated heterocycles. The molecular formula is C12H15BrClN. The lowest BCUT2D eigenvalue weighted by atomic mass is 9.67. The largest absolute Gasteiger partial charge is 0.317 e. The van der Waals surface area contributed by atoms with E-state index in [0.717, 1.165) is 9.50 Å². The highest BCUT2D eigenvalue weighted by Crippen LogP contribution is 2.45. The van der Waals surface area contributed by atoms with Crippen molar-refractivity contribution in [3.63, 3.8) is 0 Å². The summed E-state index contributed by atoms with van der Waals surface area (Å²) < 4.78 is 1.05. The number of rotatable bonds is 2. The maximum Gasteiger partial charge on any atom is 0.0452 e. The fourth-order valence-corrected chi connectivity index (χ4v) is 3.19. The third-order valence-corrected chi connectivity index (χ3v) is 4.33. The van der Waals surface area contributed by atoms with Gasteiger partial charge in [-0.3, -0.25) is 0 Å². The van der Waals surface area contributed by atoms with Gasteiger partial charge in [-0.25, -0.2) is 0 Å². The number of hydrogen-bond donors (Lipinski definition) is 1. The number of nitrogens with one attached hydrogen (secondary N) is 1. The lowest BCUT2D eigenvalue weighted by molar-refractivity contribution is 0.194. The Morgan fingerprint density at radius 3 is 2.73 bits per heavy atom. The van der Waals surface area contributed by atoms with Crippen molar-refractivity contribution in [1.82, 2.24) is 5.32 Å². The monoisotopic (exact) mass is 287 g/mol. The zero-order valence-corrected chi connectivity index (χ0v) is 11.3. The highest BCUT2D eigenvalue weighted by atomic mass is 79.9. The van der Waals surface area contributed by atoms with Crippen molar-refractivity contribution in [3.8, 4) is 0 Å². The number of benzene rings is 1. The lowest BCUT2D eigenvalue weighted by Crippen LogP contribution is -2.46. The fraction of sp³-hybridized carbons (Fsp3) is 0.500. The predicted molar refractivity (Wildman–Crippen MR) is 68.5 cm³/mol. The maximum atomic E-state index is 6.24. The average Bonchev–Trinajstić information content (AvgIpc) is 2.20. The Balaban J connectivity index is 2.18. The smallest absolute Gasteiger partial charge is 0.0452 e. The van der Waals surface area contributed by atoms with Crippen LogP contribution in [0.15, 0.2) is 22.7 Å². The minimum absolute atomic E-state index is 0.614. The summed E-state index contributed by atoms with van der Waals surface area (Å²) in [6.07, 6.45) is 1.19. The minimum atomic E-state index is 0.614. The van der Waals surface area contributed by atoms with Crippen molar-refractivity contribution in [2.45, 2.75) is 25.3 Å². The lowest BCUT2D eigenvalue weighted by Gasteiger charge is -2.43. The van der Waals surface area contributed by atoms with Crippen LogP contribution in [0.4, 0.5) is 0 Å². The SMILES string of the molecule is CNC1CC(c2ccc(Br)cc2Cl)C1C. The van der Waals surface area contributed by atoms with E-state index in [0.29, 0.717) is 17.9 Å². The normalized spacial score (nSPS) is 30.0. The Hall–Kier alpha value is -0.0500. The second-order valence-electron chi connectivity index (χ2n) is 4.26. The van der Waals surface area contributed by atoms with E-state index in [2.05, 4.69) is 40.3 Å². The molecule has 1 aliphatic rings. The molecular weight excluding hydrogens is 273 g/mol. The molecule has 15 heavy (non-hydrogen) atoms. The van der Waals surface area contributed by atoms with Crippen LogP contribution < -0.4 is 5.32 Å². The van der Waals surface area contributed by atoms with Crippen molar-refractivity contribution in [3.05, 3.63) is 33.3 Å². The molecule has 0 radical (unpaired) electrons. The molecule has 3 heteroatoms. The summed E-state index contributed by atoms with van der Waals surface area (Å²) in [5, 5.41) is 4.21. The molecule has 1 aliphatic carbocycles. The second kappa shape index (κ2) is 4.44. The van der Waals surface area contributed by atoms with Gasteiger partial charge in [-0.2, -0.15) is 0 Å². The summed E-state index contributed by atoms with van der Waals surface area (Å²) >= 11 is 9.67. The first-order valence-electron chi connectivity index (χ1n) is 5.25. The Bertz CT molecular complexity index is 367. The van der Waals surface area contributed by atoms with Gasteiger partial charge < -0.3 is 5.32 Å². The summed E-state index contributed by atoms with van der Waals surface area (Å²) in [6.45, 7) is 2.29. The van der Waals surface area contributed by atoms with Crippen molar-refractivity contribution in [2.75, 3.05) is 7.05 Å². The van der Waals surface area contributed by atoms with Gasteiger partial charge in [0.1, 0.15) is 0 Å². The van der Waals surface area contributed by atoms with Crippen molar-refractivity contribution in [2.24, 2.45) is 5.92 Å². The molecule has 0 aliphatic heterocycles. The topological polar surface area (TPSA) is 12.0 Å². The average molecular weight is 289 g/mol. The van der Waals surface area contributed by atoms with Gasteiger partial charge in [0.15, 0.2) is 0 Å². The Morgan fingerprint density at radius 2 is 2.20 bits per heavy atom. The van der Waals surface area contributed by atoms with Crippen LogP contribution in [0.2, 0.25) is 5.02 Å². The highest BCUT2D eigenvalue weighted by molar-refractivity contribution is 9.10. The molecule has 1 nitrogen and oxygen atoms in total. The Morgan fingerprint density at radius 1 is 1.47 bits per heavy atom. The van der Waals surface area contributed by atoms with Gasteiger partial charge in [-0.1, -0.05) is 40.5 Å². The Kier molecular flexibility index (Phi) is 3.39. The zero-order valence-electron chi connectivity index (χ0n) is 8.93. The Labute approximate surface area is 104 Å². The van der Waals surface area contributed by atoms with Gasteiger partial charge in [-0.15, -0.1) is 0 Å². The van der Waals surface area contributed by atoms with E-state index in [1.165, 1.54) is 12.0 Å². The van der Waals surface area contributed by atoms with Gasteiger partial charge >= 0.3 is 0 Å². The van der Waals surface area contributed by atoms with Crippen LogP contribution in [-0.2, 0) is 0 Å². The molecule has 3 atom stereocenters. The predicted octanol–water partition coefficient (Wildman–Crippen LogP) is 3.81. The number of halogens is 2. The van der Waals surface area contributed by atoms with Gasteiger partial charge in [0.2, 0.25) is 0 Å². The van der Waals surface area contributed by atoms with Crippen LogP contribution in [0.1, 0.15) is 24.8 Å². The molecule has 1 fully saturated rings. The van der Waals surface area contributed by atoms with E-state index in [9.17, 15) is 0 Å².